The Labute approximate surface area is 95.2 Å². The van der Waals surface area contributed by atoms with E-state index in [1.165, 1.54) is 19.5 Å². The molecule has 1 rings (SSSR count). The van der Waals surface area contributed by atoms with E-state index >= 15 is 0 Å². The van der Waals surface area contributed by atoms with Crippen molar-refractivity contribution in [3.63, 3.8) is 0 Å². The van der Waals surface area contributed by atoms with E-state index in [0.29, 0.717) is 11.5 Å². The minimum absolute atomic E-state index is 0.288. The molecule has 2 N–H and O–H groups in total. The molecule has 0 saturated carbocycles. The predicted molar refractivity (Wildman–Crippen MR) is 66.9 cm³/mol. The molecule has 15 heavy (non-hydrogen) atoms. The lowest BCUT2D eigenvalue weighted by Crippen LogP contribution is -2.52. The zero-order valence-corrected chi connectivity index (χ0v) is 11.1. The number of nitrogens with zero attached hydrogens (tertiary/aromatic N) is 1. The lowest BCUT2D eigenvalue weighted by Gasteiger charge is -2.43. The van der Waals surface area contributed by atoms with Gasteiger partial charge in [-0.15, -0.1) is 0 Å². The summed E-state index contributed by atoms with van der Waals surface area (Å²) in [5.41, 5.74) is 6.87. The molecule has 90 valence electrons. The Hall–Kier alpha value is -0.0800. The van der Waals surface area contributed by atoms with Crippen molar-refractivity contribution >= 4 is 0 Å². The summed E-state index contributed by atoms with van der Waals surface area (Å²) >= 11 is 0. The second-order valence-corrected chi connectivity index (χ2v) is 6.97. The number of rotatable bonds is 2. The Balaban J connectivity index is 2.40. The van der Waals surface area contributed by atoms with E-state index in [0.717, 1.165) is 13.0 Å². The number of hydrogen-bond acceptors (Lipinski definition) is 2. The van der Waals surface area contributed by atoms with Gasteiger partial charge in [0, 0.05) is 12.6 Å². The fourth-order valence-corrected chi connectivity index (χ4v) is 2.17. The Morgan fingerprint density at radius 1 is 1.33 bits per heavy atom. The van der Waals surface area contributed by atoms with Crippen LogP contribution in [-0.4, -0.2) is 30.6 Å². The van der Waals surface area contributed by atoms with E-state index in [-0.39, 0.29) is 5.41 Å². The third-order valence-electron chi connectivity index (χ3n) is 3.57. The van der Waals surface area contributed by atoms with Gasteiger partial charge in [-0.1, -0.05) is 34.6 Å². The molecule has 0 aromatic rings. The van der Waals surface area contributed by atoms with E-state index in [1.54, 1.807) is 0 Å². The average molecular weight is 212 g/mol. The summed E-state index contributed by atoms with van der Waals surface area (Å²) in [7, 11) is 0. The van der Waals surface area contributed by atoms with Crippen LogP contribution in [0, 0.1) is 10.8 Å². The molecule has 0 radical (unpaired) electrons. The fourth-order valence-electron chi connectivity index (χ4n) is 2.17. The van der Waals surface area contributed by atoms with Gasteiger partial charge in [-0.2, -0.15) is 0 Å². The lowest BCUT2D eigenvalue weighted by molar-refractivity contribution is 0.0861. The highest BCUT2D eigenvalue weighted by atomic mass is 15.1. The third kappa shape index (κ3) is 4.12. The minimum atomic E-state index is 0.288. The third-order valence-corrected chi connectivity index (χ3v) is 3.57. The summed E-state index contributed by atoms with van der Waals surface area (Å²) in [5, 5.41) is 0. The second-order valence-electron chi connectivity index (χ2n) is 6.97. The number of hydrogen-bond donors (Lipinski definition) is 1. The van der Waals surface area contributed by atoms with Gasteiger partial charge in [0.15, 0.2) is 0 Å². The molecule has 0 amide bonds. The van der Waals surface area contributed by atoms with E-state index < -0.39 is 0 Å². The fraction of sp³-hybridized carbons (Fsp3) is 1.00. The first-order chi connectivity index (χ1) is 6.71. The molecule has 1 aliphatic heterocycles. The largest absolute Gasteiger partial charge is 0.327 e. The summed E-state index contributed by atoms with van der Waals surface area (Å²) in [6, 6.07) is 0.378. The van der Waals surface area contributed by atoms with Crippen molar-refractivity contribution in [3.8, 4) is 0 Å². The normalized spacial score (nSPS) is 28.0. The highest BCUT2D eigenvalue weighted by Crippen LogP contribution is 2.29. The molecule has 2 heteroatoms. The minimum Gasteiger partial charge on any atom is -0.327 e. The SMILES string of the molecule is CC(C)(C)CCN1CCC(N)C(C)(C)C1. The van der Waals surface area contributed by atoms with Gasteiger partial charge >= 0.3 is 0 Å². The molecule has 0 aliphatic carbocycles. The lowest BCUT2D eigenvalue weighted by atomic mass is 9.79. The van der Waals surface area contributed by atoms with Crippen molar-refractivity contribution in [3.05, 3.63) is 0 Å². The Kier molecular flexibility index (Phi) is 3.83. The monoisotopic (exact) mass is 212 g/mol. The van der Waals surface area contributed by atoms with Gasteiger partial charge < -0.3 is 10.6 Å². The first kappa shape index (κ1) is 13.0. The van der Waals surface area contributed by atoms with E-state index in [1.807, 2.05) is 0 Å². The molecule has 0 bridgehead atoms. The Bertz CT molecular complexity index is 203. The topological polar surface area (TPSA) is 29.3 Å². The van der Waals surface area contributed by atoms with Crippen molar-refractivity contribution in [2.75, 3.05) is 19.6 Å². The zero-order chi connectivity index (χ0) is 11.7. The first-order valence-corrected chi connectivity index (χ1v) is 6.19. The van der Waals surface area contributed by atoms with Crippen LogP contribution >= 0.6 is 0 Å². The predicted octanol–water partition coefficient (Wildman–Crippen LogP) is 2.48. The maximum Gasteiger partial charge on any atom is 0.0115 e. The Morgan fingerprint density at radius 2 is 1.93 bits per heavy atom. The quantitative estimate of drug-likeness (QED) is 0.762. The van der Waals surface area contributed by atoms with Crippen LogP contribution in [0.25, 0.3) is 0 Å². The van der Waals surface area contributed by atoms with Crippen LogP contribution < -0.4 is 5.73 Å². The van der Waals surface area contributed by atoms with Gasteiger partial charge in [0.05, 0.1) is 0 Å². The number of likely N-dealkylation sites (tertiary alicyclic amines) is 1. The maximum absolute atomic E-state index is 6.13. The van der Waals surface area contributed by atoms with Crippen LogP contribution in [0.15, 0.2) is 0 Å². The van der Waals surface area contributed by atoms with Crippen molar-refractivity contribution < 1.29 is 0 Å². The highest BCUT2D eigenvalue weighted by Gasteiger charge is 2.33. The number of nitrogens with two attached hydrogens (primary N) is 1. The number of piperidine rings is 1. The average Bonchev–Trinajstić information content (AvgIpc) is 2.06. The molecule has 1 saturated heterocycles. The van der Waals surface area contributed by atoms with E-state index in [2.05, 4.69) is 39.5 Å². The van der Waals surface area contributed by atoms with Crippen molar-refractivity contribution in [1.82, 2.24) is 4.90 Å². The van der Waals surface area contributed by atoms with Crippen molar-refractivity contribution in [2.24, 2.45) is 16.6 Å². The second kappa shape index (κ2) is 4.42. The molecule has 1 atom stereocenters. The molecule has 1 unspecified atom stereocenters. The van der Waals surface area contributed by atoms with Crippen molar-refractivity contribution in [1.29, 1.82) is 0 Å². The first-order valence-electron chi connectivity index (χ1n) is 6.19. The molecule has 1 aliphatic rings. The standard InChI is InChI=1S/C13H28N2/c1-12(2,3)7-9-15-8-6-11(14)13(4,5)10-15/h11H,6-10,14H2,1-5H3. The molecule has 0 aromatic carbocycles. The van der Waals surface area contributed by atoms with Crippen molar-refractivity contribution in [2.45, 2.75) is 53.5 Å². The molecule has 1 fully saturated rings. The highest BCUT2D eigenvalue weighted by molar-refractivity contribution is 4.89. The summed E-state index contributed by atoms with van der Waals surface area (Å²) in [6.07, 6.45) is 2.43. The molecule has 2 nitrogen and oxygen atoms in total. The van der Waals surface area contributed by atoms with Crippen LogP contribution in [0.4, 0.5) is 0 Å². The molecule has 0 aromatic heterocycles. The summed E-state index contributed by atoms with van der Waals surface area (Å²) in [5.74, 6) is 0. The van der Waals surface area contributed by atoms with Gasteiger partial charge in [-0.25, -0.2) is 0 Å². The maximum atomic E-state index is 6.13. The summed E-state index contributed by atoms with van der Waals surface area (Å²) in [4.78, 5) is 2.58. The molecular weight excluding hydrogens is 184 g/mol. The Morgan fingerprint density at radius 3 is 2.40 bits per heavy atom. The molecular formula is C13H28N2. The van der Waals surface area contributed by atoms with Crippen LogP contribution in [0.5, 0.6) is 0 Å². The van der Waals surface area contributed by atoms with Gasteiger partial charge in [0.1, 0.15) is 0 Å². The molecule has 1 heterocycles. The summed E-state index contributed by atoms with van der Waals surface area (Å²) < 4.78 is 0. The van der Waals surface area contributed by atoms with E-state index in [4.69, 9.17) is 5.73 Å². The zero-order valence-electron chi connectivity index (χ0n) is 11.1. The van der Waals surface area contributed by atoms with Crippen LogP contribution in [-0.2, 0) is 0 Å². The smallest absolute Gasteiger partial charge is 0.0115 e. The van der Waals surface area contributed by atoms with Crippen LogP contribution in [0.3, 0.4) is 0 Å². The van der Waals surface area contributed by atoms with Gasteiger partial charge in [0.25, 0.3) is 0 Å². The van der Waals surface area contributed by atoms with Gasteiger partial charge in [-0.05, 0) is 36.8 Å². The van der Waals surface area contributed by atoms with Crippen LogP contribution in [0.1, 0.15) is 47.5 Å². The van der Waals surface area contributed by atoms with Gasteiger partial charge in [0.2, 0.25) is 0 Å². The van der Waals surface area contributed by atoms with Crippen LogP contribution in [0.2, 0.25) is 0 Å². The molecule has 0 spiro atoms. The summed E-state index contributed by atoms with van der Waals surface area (Å²) in [6.45, 7) is 15.1. The van der Waals surface area contributed by atoms with E-state index in [9.17, 15) is 0 Å². The van der Waals surface area contributed by atoms with Gasteiger partial charge in [-0.3, -0.25) is 0 Å².